The molecule has 0 atom stereocenters. The van der Waals surface area contributed by atoms with Gasteiger partial charge in [0.05, 0.1) is 12.3 Å². The van der Waals surface area contributed by atoms with Crippen molar-refractivity contribution < 1.29 is 9.21 Å². The van der Waals surface area contributed by atoms with E-state index in [0.717, 1.165) is 29.1 Å². The van der Waals surface area contributed by atoms with Crippen LogP contribution in [0.15, 0.2) is 63.6 Å². The van der Waals surface area contributed by atoms with Gasteiger partial charge in [-0.25, -0.2) is 0 Å². The highest BCUT2D eigenvalue weighted by Gasteiger charge is 2.18. The Morgan fingerprint density at radius 3 is 2.71 bits per heavy atom. The fourth-order valence-corrected chi connectivity index (χ4v) is 4.39. The van der Waals surface area contributed by atoms with E-state index >= 15 is 0 Å². The van der Waals surface area contributed by atoms with Crippen molar-refractivity contribution in [2.24, 2.45) is 0 Å². The zero-order chi connectivity index (χ0) is 19.5. The van der Waals surface area contributed by atoms with Crippen LogP contribution in [0, 0.1) is 13.8 Å². The van der Waals surface area contributed by atoms with Crippen molar-refractivity contribution in [1.82, 2.24) is 14.8 Å². The van der Waals surface area contributed by atoms with Crippen molar-refractivity contribution in [2.45, 2.75) is 25.6 Å². The molecule has 0 unspecified atom stereocenters. The van der Waals surface area contributed by atoms with E-state index in [1.54, 1.807) is 11.3 Å². The highest BCUT2D eigenvalue weighted by atomic mass is 32.2. The topological polar surface area (TPSA) is 60.9 Å². The Morgan fingerprint density at radius 1 is 1.14 bits per heavy atom. The van der Waals surface area contributed by atoms with Crippen molar-refractivity contribution in [3.05, 3.63) is 75.7 Å². The van der Waals surface area contributed by atoms with E-state index in [9.17, 15) is 4.79 Å². The highest BCUT2D eigenvalue weighted by molar-refractivity contribution is 7.99. The monoisotopic (exact) mass is 409 g/mol. The molecule has 0 saturated heterocycles. The maximum Gasteiger partial charge on any atom is 0.277 e. The molecule has 142 valence electrons. The lowest BCUT2D eigenvalue weighted by molar-refractivity contribution is 0.102. The van der Waals surface area contributed by atoms with Gasteiger partial charge in [-0.2, -0.15) is 0 Å². The first-order valence-corrected chi connectivity index (χ1v) is 10.7. The van der Waals surface area contributed by atoms with Crippen LogP contribution < -0.4 is 0 Å². The third-order valence-corrected chi connectivity index (χ3v) is 6.20. The molecule has 4 rings (SSSR count). The molecule has 0 amide bonds. The summed E-state index contributed by atoms with van der Waals surface area (Å²) >= 11 is 2.99. The fourth-order valence-electron chi connectivity index (χ4n) is 3.06. The van der Waals surface area contributed by atoms with Gasteiger partial charge in [-0.1, -0.05) is 36.0 Å². The van der Waals surface area contributed by atoms with E-state index in [1.165, 1.54) is 16.6 Å². The minimum atomic E-state index is 0.0648. The van der Waals surface area contributed by atoms with Crippen LogP contribution in [0.2, 0.25) is 0 Å². The van der Waals surface area contributed by atoms with Crippen LogP contribution in [0.5, 0.6) is 0 Å². The molecule has 0 spiro atoms. The predicted molar refractivity (Wildman–Crippen MR) is 112 cm³/mol. The average Bonchev–Trinajstić information content (AvgIpc) is 3.45. The zero-order valence-electron chi connectivity index (χ0n) is 15.6. The lowest BCUT2D eigenvalue weighted by atomic mass is 10.2. The number of thiophene rings is 1. The molecule has 0 radical (unpaired) electrons. The van der Waals surface area contributed by atoms with Gasteiger partial charge in [0.2, 0.25) is 5.89 Å². The Kier molecular flexibility index (Phi) is 5.45. The lowest BCUT2D eigenvalue weighted by Crippen LogP contribution is -2.07. The molecular formula is C21H19N3O2S2. The van der Waals surface area contributed by atoms with E-state index in [1.807, 2.05) is 56.3 Å². The Bertz CT molecular complexity index is 1080. The van der Waals surface area contributed by atoms with Crippen LogP contribution in [-0.4, -0.2) is 26.3 Å². The van der Waals surface area contributed by atoms with Crippen LogP contribution in [0.1, 0.15) is 26.6 Å². The summed E-state index contributed by atoms with van der Waals surface area (Å²) in [4.78, 5) is 14.0. The molecule has 0 aliphatic carbocycles. The van der Waals surface area contributed by atoms with Gasteiger partial charge < -0.3 is 8.98 Å². The number of thioether (sulfide) groups is 1. The first-order valence-electron chi connectivity index (χ1n) is 8.86. The summed E-state index contributed by atoms with van der Waals surface area (Å²) in [7, 11) is 0. The smallest absolute Gasteiger partial charge is 0.277 e. The van der Waals surface area contributed by atoms with E-state index in [0.29, 0.717) is 11.1 Å². The van der Waals surface area contributed by atoms with Crippen LogP contribution in [0.25, 0.3) is 11.5 Å². The standard InChI is InChI=1S/C21H19N3O2S2/c1-14-11-18(15(2)24(14)12-17-9-6-10-27-17)19(25)13-28-21-23-22-20(26-21)16-7-4-3-5-8-16/h3-11H,12-13H2,1-2H3. The molecule has 0 N–H and O–H groups in total. The lowest BCUT2D eigenvalue weighted by Gasteiger charge is -2.08. The Labute approximate surface area is 171 Å². The second kappa shape index (κ2) is 8.16. The number of carbonyl (C=O) groups excluding carboxylic acids is 1. The molecule has 0 saturated carbocycles. The Hall–Kier alpha value is -2.64. The number of rotatable bonds is 7. The predicted octanol–water partition coefficient (Wildman–Crippen LogP) is 5.24. The largest absolute Gasteiger partial charge is 0.411 e. The summed E-state index contributed by atoms with van der Waals surface area (Å²) in [5, 5.41) is 10.6. The van der Waals surface area contributed by atoms with Crippen LogP contribution in [0.4, 0.5) is 0 Å². The number of nitrogens with zero attached hydrogens (tertiary/aromatic N) is 3. The summed E-state index contributed by atoms with van der Waals surface area (Å²) in [6, 6.07) is 15.7. The molecule has 0 aliphatic rings. The van der Waals surface area contributed by atoms with Crippen LogP contribution >= 0.6 is 23.1 Å². The second-order valence-electron chi connectivity index (χ2n) is 6.40. The van der Waals surface area contributed by atoms with Crippen molar-refractivity contribution in [3.8, 4) is 11.5 Å². The van der Waals surface area contributed by atoms with Gasteiger partial charge in [-0.05, 0) is 43.5 Å². The number of ketones is 1. The van der Waals surface area contributed by atoms with E-state index in [4.69, 9.17) is 4.42 Å². The maximum atomic E-state index is 12.8. The molecule has 28 heavy (non-hydrogen) atoms. The quantitative estimate of drug-likeness (QED) is 0.309. The Morgan fingerprint density at radius 2 is 1.96 bits per heavy atom. The first kappa shape index (κ1) is 18.7. The number of carbonyl (C=O) groups is 1. The third kappa shape index (κ3) is 3.95. The van der Waals surface area contributed by atoms with Crippen LogP contribution in [-0.2, 0) is 6.54 Å². The molecule has 0 aliphatic heterocycles. The van der Waals surface area contributed by atoms with E-state index in [-0.39, 0.29) is 11.5 Å². The van der Waals surface area contributed by atoms with Gasteiger partial charge in [0.25, 0.3) is 5.22 Å². The third-order valence-electron chi connectivity index (χ3n) is 4.52. The zero-order valence-corrected chi connectivity index (χ0v) is 17.2. The molecular weight excluding hydrogens is 390 g/mol. The number of aromatic nitrogens is 3. The average molecular weight is 410 g/mol. The van der Waals surface area contributed by atoms with Gasteiger partial charge >= 0.3 is 0 Å². The summed E-state index contributed by atoms with van der Waals surface area (Å²) in [5.74, 6) is 0.791. The number of benzene rings is 1. The molecule has 4 aromatic rings. The summed E-state index contributed by atoms with van der Waals surface area (Å²) in [5.41, 5.74) is 3.70. The molecule has 3 heterocycles. The van der Waals surface area contributed by atoms with Crippen molar-refractivity contribution >= 4 is 28.9 Å². The maximum absolute atomic E-state index is 12.8. The number of hydrogen-bond donors (Lipinski definition) is 0. The van der Waals surface area contributed by atoms with Gasteiger partial charge in [-0.3, -0.25) is 4.79 Å². The second-order valence-corrected chi connectivity index (χ2v) is 8.36. The SMILES string of the molecule is Cc1cc(C(=O)CSc2nnc(-c3ccccc3)o2)c(C)n1Cc1cccs1. The van der Waals surface area contributed by atoms with Crippen molar-refractivity contribution in [1.29, 1.82) is 0 Å². The Balaban J connectivity index is 1.44. The van der Waals surface area contributed by atoms with Gasteiger partial charge in [0.15, 0.2) is 5.78 Å². The molecule has 7 heteroatoms. The number of hydrogen-bond acceptors (Lipinski definition) is 6. The van der Waals surface area contributed by atoms with Gasteiger partial charge in [0.1, 0.15) is 0 Å². The summed E-state index contributed by atoms with van der Waals surface area (Å²) in [6.07, 6.45) is 0. The van der Waals surface area contributed by atoms with Gasteiger partial charge in [0, 0.05) is 27.4 Å². The van der Waals surface area contributed by atoms with Crippen LogP contribution in [0.3, 0.4) is 0 Å². The number of Topliss-reactive ketones (excluding diaryl/α,β-unsaturated/α-hetero) is 1. The minimum absolute atomic E-state index is 0.0648. The molecule has 5 nitrogen and oxygen atoms in total. The minimum Gasteiger partial charge on any atom is -0.411 e. The first-order chi connectivity index (χ1) is 13.6. The number of aryl methyl sites for hydroxylation is 1. The van der Waals surface area contributed by atoms with E-state index < -0.39 is 0 Å². The summed E-state index contributed by atoms with van der Waals surface area (Å²) in [6.45, 7) is 4.83. The fraction of sp³-hybridized carbons (Fsp3) is 0.190. The highest BCUT2D eigenvalue weighted by Crippen LogP contribution is 2.25. The molecule has 3 aromatic heterocycles. The molecule has 0 fully saturated rings. The van der Waals surface area contributed by atoms with Crippen molar-refractivity contribution in [3.63, 3.8) is 0 Å². The summed E-state index contributed by atoms with van der Waals surface area (Å²) < 4.78 is 7.85. The molecule has 0 bridgehead atoms. The normalized spacial score (nSPS) is 11.1. The van der Waals surface area contributed by atoms with E-state index in [2.05, 4.69) is 26.2 Å². The molecule has 1 aromatic carbocycles. The van der Waals surface area contributed by atoms with Crippen molar-refractivity contribution in [2.75, 3.05) is 5.75 Å². The van der Waals surface area contributed by atoms with Gasteiger partial charge in [-0.15, -0.1) is 21.5 Å².